The molecule has 120 valence electrons. The summed E-state index contributed by atoms with van der Waals surface area (Å²) >= 11 is 0. The van der Waals surface area contributed by atoms with Crippen LogP contribution in [0.2, 0.25) is 0 Å². The number of carbonyl (C=O) groups excluding carboxylic acids is 2. The van der Waals surface area contributed by atoms with Gasteiger partial charge in [0, 0.05) is 26.7 Å². The quantitative estimate of drug-likeness (QED) is 0.827. The highest BCUT2D eigenvalue weighted by atomic mass is 16.6. The zero-order chi connectivity index (χ0) is 15.6. The van der Waals surface area contributed by atoms with Gasteiger partial charge < -0.3 is 24.6 Å². The highest BCUT2D eigenvalue weighted by Gasteiger charge is 2.39. The molecule has 0 aromatic rings. The number of rotatable bonds is 2. The third-order valence-corrected chi connectivity index (χ3v) is 3.77. The molecule has 0 bridgehead atoms. The zero-order valence-corrected chi connectivity index (χ0v) is 13.2. The number of ether oxygens (including phenoxy) is 2. The number of hydrogen-bond acceptors (Lipinski definition) is 4. The van der Waals surface area contributed by atoms with E-state index in [0.717, 1.165) is 0 Å². The number of likely N-dealkylation sites (tertiary alicyclic amines) is 1. The second-order valence-corrected chi connectivity index (χ2v) is 6.48. The molecule has 2 unspecified atom stereocenters. The average Bonchev–Trinajstić information content (AvgIpc) is 2.82. The van der Waals surface area contributed by atoms with Crippen LogP contribution >= 0.6 is 0 Å². The maximum atomic E-state index is 12.1. The third-order valence-electron chi connectivity index (χ3n) is 3.77. The molecular formula is C14H25N3O4. The number of nitrogens with one attached hydrogen (secondary N) is 1. The first-order valence-electron chi connectivity index (χ1n) is 7.37. The number of amides is 3. The number of urea groups is 1. The predicted octanol–water partition coefficient (Wildman–Crippen LogP) is 1.04. The molecule has 2 saturated heterocycles. The Balaban J connectivity index is 1.98. The van der Waals surface area contributed by atoms with Crippen molar-refractivity contribution in [2.24, 2.45) is 0 Å². The lowest BCUT2D eigenvalue weighted by Gasteiger charge is -2.41. The lowest BCUT2D eigenvalue weighted by atomic mass is 10.0. The third kappa shape index (κ3) is 3.78. The summed E-state index contributed by atoms with van der Waals surface area (Å²) in [5, 5.41) is 2.80. The van der Waals surface area contributed by atoms with Crippen molar-refractivity contribution in [1.29, 1.82) is 0 Å². The summed E-state index contributed by atoms with van der Waals surface area (Å²) in [6.07, 6.45) is 0.189. The Morgan fingerprint density at radius 3 is 2.57 bits per heavy atom. The molecule has 2 heterocycles. The van der Waals surface area contributed by atoms with Crippen LogP contribution in [0.25, 0.3) is 0 Å². The summed E-state index contributed by atoms with van der Waals surface area (Å²) in [6.45, 7) is 7.92. The molecule has 0 aromatic heterocycles. The van der Waals surface area contributed by atoms with Gasteiger partial charge in [-0.05, 0) is 27.2 Å². The van der Waals surface area contributed by atoms with E-state index in [1.54, 1.807) is 16.9 Å². The number of carbonyl (C=O) groups is 2. The zero-order valence-electron chi connectivity index (χ0n) is 13.2. The largest absolute Gasteiger partial charge is 0.444 e. The van der Waals surface area contributed by atoms with Gasteiger partial charge in [0.25, 0.3) is 0 Å². The molecule has 7 heteroatoms. The van der Waals surface area contributed by atoms with Crippen LogP contribution in [0.4, 0.5) is 9.59 Å². The molecule has 21 heavy (non-hydrogen) atoms. The number of piperidine rings is 1. The minimum Gasteiger partial charge on any atom is -0.444 e. The predicted molar refractivity (Wildman–Crippen MR) is 77.1 cm³/mol. The van der Waals surface area contributed by atoms with Crippen molar-refractivity contribution in [3.8, 4) is 0 Å². The van der Waals surface area contributed by atoms with Crippen LogP contribution in [0.3, 0.4) is 0 Å². The van der Waals surface area contributed by atoms with E-state index in [1.807, 2.05) is 20.8 Å². The molecular weight excluding hydrogens is 274 g/mol. The fourth-order valence-corrected chi connectivity index (χ4v) is 2.79. The van der Waals surface area contributed by atoms with Crippen LogP contribution in [0.5, 0.6) is 0 Å². The lowest BCUT2D eigenvalue weighted by Crippen LogP contribution is -2.57. The summed E-state index contributed by atoms with van der Waals surface area (Å²) in [7, 11) is 1.62. The van der Waals surface area contributed by atoms with Crippen LogP contribution in [-0.4, -0.2) is 73.0 Å². The summed E-state index contributed by atoms with van der Waals surface area (Å²) in [4.78, 5) is 27.4. The van der Waals surface area contributed by atoms with Gasteiger partial charge in [-0.15, -0.1) is 0 Å². The normalized spacial score (nSPS) is 26.8. The van der Waals surface area contributed by atoms with E-state index in [-0.39, 0.29) is 24.3 Å². The van der Waals surface area contributed by atoms with E-state index in [2.05, 4.69) is 5.32 Å². The van der Waals surface area contributed by atoms with Crippen molar-refractivity contribution < 1.29 is 19.1 Å². The molecule has 0 saturated carbocycles. The second-order valence-electron chi connectivity index (χ2n) is 6.48. The Kier molecular flexibility index (Phi) is 4.61. The molecule has 2 aliphatic heterocycles. The van der Waals surface area contributed by atoms with Crippen molar-refractivity contribution in [3.63, 3.8) is 0 Å². The van der Waals surface area contributed by atoms with Gasteiger partial charge in [0.15, 0.2) is 0 Å². The van der Waals surface area contributed by atoms with Crippen molar-refractivity contribution in [1.82, 2.24) is 15.1 Å². The highest BCUT2D eigenvalue weighted by Crippen LogP contribution is 2.22. The molecule has 2 fully saturated rings. The van der Waals surface area contributed by atoms with E-state index in [4.69, 9.17) is 9.47 Å². The SMILES string of the molecule is COC1CN(C(=O)OC(C)(C)C)CCC1N1CCNC1=O. The van der Waals surface area contributed by atoms with Gasteiger partial charge in [0.1, 0.15) is 5.60 Å². The van der Waals surface area contributed by atoms with Crippen molar-refractivity contribution >= 4 is 12.1 Å². The van der Waals surface area contributed by atoms with Crippen LogP contribution in [0.1, 0.15) is 27.2 Å². The number of nitrogens with zero attached hydrogens (tertiary/aromatic N) is 2. The average molecular weight is 299 g/mol. The van der Waals surface area contributed by atoms with Gasteiger partial charge in [-0.25, -0.2) is 9.59 Å². The summed E-state index contributed by atoms with van der Waals surface area (Å²) in [6, 6.07) is -0.0380. The number of hydrogen-bond donors (Lipinski definition) is 1. The van der Waals surface area contributed by atoms with Gasteiger partial charge >= 0.3 is 12.1 Å². The topological polar surface area (TPSA) is 71.1 Å². The van der Waals surface area contributed by atoms with Gasteiger partial charge in [-0.1, -0.05) is 0 Å². The van der Waals surface area contributed by atoms with Crippen LogP contribution in [-0.2, 0) is 9.47 Å². The Hall–Kier alpha value is -1.50. The van der Waals surface area contributed by atoms with E-state index >= 15 is 0 Å². The first kappa shape index (κ1) is 15.9. The van der Waals surface area contributed by atoms with Crippen molar-refractivity contribution in [2.45, 2.75) is 44.9 Å². The first-order chi connectivity index (χ1) is 9.81. The van der Waals surface area contributed by atoms with Gasteiger partial charge in [0.05, 0.1) is 18.7 Å². The number of methoxy groups -OCH3 is 1. The van der Waals surface area contributed by atoms with Gasteiger partial charge in [-0.2, -0.15) is 0 Å². The van der Waals surface area contributed by atoms with Crippen LogP contribution in [0.15, 0.2) is 0 Å². The molecule has 0 spiro atoms. The molecule has 0 radical (unpaired) electrons. The van der Waals surface area contributed by atoms with Gasteiger partial charge in [0.2, 0.25) is 0 Å². The smallest absolute Gasteiger partial charge is 0.410 e. The van der Waals surface area contributed by atoms with Gasteiger partial charge in [-0.3, -0.25) is 0 Å². The minimum absolute atomic E-state index is 0.0104. The Morgan fingerprint density at radius 2 is 2.05 bits per heavy atom. The van der Waals surface area contributed by atoms with E-state index in [9.17, 15) is 9.59 Å². The standard InChI is InChI=1S/C14H25N3O4/c1-14(2,3)21-13(19)16-7-5-10(11(9-16)20-4)17-8-6-15-12(17)18/h10-11H,5-9H2,1-4H3,(H,15,18). The Bertz CT molecular complexity index is 408. The molecule has 7 nitrogen and oxygen atoms in total. The monoisotopic (exact) mass is 299 g/mol. The summed E-state index contributed by atoms with van der Waals surface area (Å²) in [5.74, 6) is 0. The van der Waals surface area contributed by atoms with Crippen molar-refractivity contribution in [2.75, 3.05) is 33.3 Å². The molecule has 1 N–H and O–H groups in total. The Morgan fingerprint density at radius 1 is 1.33 bits per heavy atom. The fourth-order valence-electron chi connectivity index (χ4n) is 2.79. The maximum absolute atomic E-state index is 12.1. The first-order valence-corrected chi connectivity index (χ1v) is 7.37. The lowest BCUT2D eigenvalue weighted by molar-refractivity contribution is -0.0343. The van der Waals surface area contributed by atoms with Crippen LogP contribution < -0.4 is 5.32 Å². The second kappa shape index (κ2) is 6.09. The van der Waals surface area contributed by atoms with E-state index in [1.165, 1.54) is 0 Å². The Labute approximate surface area is 125 Å². The molecule has 0 aliphatic carbocycles. The molecule has 2 aliphatic rings. The fraction of sp³-hybridized carbons (Fsp3) is 0.857. The van der Waals surface area contributed by atoms with Crippen LogP contribution in [0, 0.1) is 0 Å². The molecule has 2 atom stereocenters. The molecule has 0 aromatic carbocycles. The van der Waals surface area contributed by atoms with E-state index < -0.39 is 5.60 Å². The minimum atomic E-state index is -0.509. The summed E-state index contributed by atoms with van der Waals surface area (Å²) in [5.41, 5.74) is -0.509. The van der Waals surface area contributed by atoms with Crippen molar-refractivity contribution in [3.05, 3.63) is 0 Å². The highest BCUT2D eigenvalue weighted by molar-refractivity contribution is 5.76. The van der Waals surface area contributed by atoms with E-state index in [0.29, 0.717) is 32.6 Å². The summed E-state index contributed by atoms with van der Waals surface area (Å²) < 4.78 is 10.9. The maximum Gasteiger partial charge on any atom is 0.410 e. The molecule has 2 rings (SSSR count). The molecule has 3 amide bonds.